The van der Waals surface area contributed by atoms with Gasteiger partial charge in [0.2, 0.25) is 5.91 Å². The number of anilines is 1. The maximum Gasteiger partial charge on any atom is 0.318 e. The molecule has 1 rings (SSSR count). The van der Waals surface area contributed by atoms with Crippen LogP contribution in [0.1, 0.15) is 13.3 Å². The SMILES string of the molecule is COc1ncc(Cl)c(NC(C)CC(N)=O)n1. The van der Waals surface area contributed by atoms with E-state index >= 15 is 0 Å². The lowest BCUT2D eigenvalue weighted by atomic mass is 10.2. The van der Waals surface area contributed by atoms with Crippen molar-refractivity contribution >= 4 is 23.3 Å². The highest BCUT2D eigenvalue weighted by atomic mass is 35.5. The molecular formula is C9H13ClN4O2. The molecule has 0 fully saturated rings. The normalized spacial score (nSPS) is 11.9. The van der Waals surface area contributed by atoms with E-state index < -0.39 is 5.91 Å². The third-order valence-corrected chi connectivity index (χ3v) is 2.07. The Morgan fingerprint density at radius 3 is 3.00 bits per heavy atom. The lowest BCUT2D eigenvalue weighted by Gasteiger charge is -2.13. The van der Waals surface area contributed by atoms with E-state index in [1.807, 2.05) is 0 Å². The Balaban J connectivity index is 2.75. The highest BCUT2D eigenvalue weighted by Crippen LogP contribution is 2.21. The minimum absolute atomic E-state index is 0.158. The molecule has 0 aliphatic rings. The van der Waals surface area contributed by atoms with Gasteiger partial charge in [0, 0.05) is 12.5 Å². The van der Waals surface area contributed by atoms with Crippen molar-refractivity contribution in [2.24, 2.45) is 5.73 Å². The van der Waals surface area contributed by atoms with E-state index in [0.717, 1.165) is 0 Å². The van der Waals surface area contributed by atoms with Crippen molar-refractivity contribution in [2.75, 3.05) is 12.4 Å². The smallest absolute Gasteiger partial charge is 0.318 e. The summed E-state index contributed by atoms with van der Waals surface area (Å²) in [6.45, 7) is 1.80. The van der Waals surface area contributed by atoms with Crippen LogP contribution in [-0.2, 0) is 4.79 Å². The van der Waals surface area contributed by atoms with Gasteiger partial charge in [0.1, 0.15) is 5.02 Å². The average molecular weight is 245 g/mol. The van der Waals surface area contributed by atoms with Crippen LogP contribution < -0.4 is 15.8 Å². The number of amides is 1. The summed E-state index contributed by atoms with van der Waals surface area (Å²) in [5.41, 5.74) is 5.07. The number of nitrogens with two attached hydrogens (primary N) is 1. The van der Waals surface area contributed by atoms with E-state index in [9.17, 15) is 4.79 Å². The predicted octanol–water partition coefficient (Wildman–Crippen LogP) is 0.814. The topological polar surface area (TPSA) is 90.1 Å². The van der Waals surface area contributed by atoms with Gasteiger partial charge in [-0.2, -0.15) is 4.98 Å². The number of nitrogens with one attached hydrogen (secondary N) is 1. The summed E-state index contributed by atoms with van der Waals surface area (Å²) in [7, 11) is 1.46. The Morgan fingerprint density at radius 1 is 1.75 bits per heavy atom. The van der Waals surface area contributed by atoms with Crippen LogP contribution >= 0.6 is 11.6 Å². The number of carbonyl (C=O) groups is 1. The second kappa shape index (κ2) is 5.50. The molecule has 0 bridgehead atoms. The van der Waals surface area contributed by atoms with Gasteiger partial charge in [-0.1, -0.05) is 11.6 Å². The van der Waals surface area contributed by atoms with Crippen LogP contribution in [0.2, 0.25) is 5.02 Å². The second-order valence-corrected chi connectivity index (χ2v) is 3.68. The van der Waals surface area contributed by atoms with Gasteiger partial charge in [-0.25, -0.2) is 4.98 Å². The van der Waals surface area contributed by atoms with Gasteiger partial charge in [-0.05, 0) is 6.92 Å². The summed E-state index contributed by atoms with van der Waals surface area (Å²) >= 11 is 5.87. The van der Waals surface area contributed by atoms with Crippen LogP contribution in [0, 0.1) is 0 Å². The molecule has 88 valence electrons. The number of aromatic nitrogens is 2. The minimum Gasteiger partial charge on any atom is -0.467 e. The molecule has 0 aliphatic carbocycles. The van der Waals surface area contributed by atoms with E-state index in [-0.39, 0.29) is 18.5 Å². The van der Waals surface area contributed by atoms with Crippen molar-refractivity contribution in [3.63, 3.8) is 0 Å². The molecule has 1 aromatic rings. The van der Waals surface area contributed by atoms with E-state index in [4.69, 9.17) is 22.1 Å². The van der Waals surface area contributed by atoms with Crippen molar-refractivity contribution in [3.05, 3.63) is 11.2 Å². The fourth-order valence-electron chi connectivity index (χ4n) is 1.14. The molecule has 1 aromatic heterocycles. The van der Waals surface area contributed by atoms with Gasteiger partial charge in [0.05, 0.1) is 13.3 Å². The fraction of sp³-hybridized carbons (Fsp3) is 0.444. The number of hydrogen-bond acceptors (Lipinski definition) is 5. The summed E-state index contributed by atoms with van der Waals surface area (Å²) in [5.74, 6) is 0.0272. The molecule has 0 radical (unpaired) electrons. The Labute approximate surface area is 98.2 Å². The largest absolute Gasteiger partial charge is 0.467 e. The van der Waals surface area contributed by atoms with Gasteiger partial charge >= 0.3 is 6.01 Å². The lowest BCUT2D eigenvalue weighted by molar-refractivity contribution is -0.118. The molecule has 16 heavy (non-hydrogen) atoms. The Kier molecular flexibility index (Phi) is 4.30. The summed E-state index contributed by atoms with van der Waals surface area (Å²) in [5, 5.41) is 3.31. The average Bonchev–Trinajstić information content (AvgIpc) is 2.20. The molecule has 6 nitrogen and oxygen atoms in total. The molecule has 7 heteroatoms. The molecule has 1 atom stereocenters. The third-order valence-electron chi connectivity index (χ3n) is 1.80. The van der Waals surface area contributed by atoms with Crippen molar-refractivity contribution in [1.29, 1.82) is 0 Å². The zero-order chi connectivity index (χ0) is 12.1. The number of primary amides is 1. The first-order valence-corrected chi connectivity index (χ1v) is 5.02. The van der Waals surface area contributed by atoms with Gasteiger partial charge < -0.3 is 15.8 Å². The summed E-state index contributed by atoms with van der Waals surface area (Å²) in [6, 6.07) is 0.0489. The number of carbonyl (C=O) groups excluding carboxylic acids is 1. The molecule has 1 heterocycles. The van der Waals surface area contributed by atoms with Gasteiger partial charge in [-0.3, -0.25) is 4.79 Å². The molecule has 3 N–H and O–H groups in total. The van der Waals surface area contributed by atoms with Gasteiger partial charge in [-0.15, -0.1) is 0 Å². The van der Waals surface area contributed by atoms with Crippen LogP contribution in [0.25, 0.3) is 0 Å². The Morgan fingerprint density at radius 2 is 2.44 bits per heavy atom. The van der Waals surface area contributed by atoms with E-state index in [2.05, 4.69) is 15.3 Å². The first kappa shape index (κ1) is 12.5. The maximum absolute atomic E-state index is 10.7. The monoisotopic (exact) mass is 244 g/mol. The number of hydrogen-bond donors (Lipinski definition) is 2. The van der Waals surface area contributed by atoms with E-state index in [1.165, 1.54) is 13.3 Å². The number of ether oxygens (including phenoxy) is 1. The van der Waals surface area contributed by atoms with Crippen LogP contribution in [0.15, 0.2) is 6.20 Å². The molecule has 0 saturated heterocycles. The number of rotatable bonds is 5. The first-order valence-electron chi connectivity index (χ1n) is 4.64. The molecular weight excluding hydrogens is 232 g/mol. The van der Waals surface area contributed by atoms with Crippen molar-refractivity contribution < 1.29 is 9.53 Å². The molecule has 0 spiro atoms. The van der Waals surface area contributed by atoms with Crippen LogP contribution in [0.5, 0.6) is 6.01 Å². The van der Waals surface area contributed by atoms with E-state index in [1.54, 1.807) is 6.92 Å². The second-order valence-electron chi connectivity index (χ2n) is 3.27. The molecule has 0 aliphatic heterocycles. The highest BCUT2D eigenvalue weighted by Gasteiger charge is 2.10. The van der Waals surface area contributed by atoms with Crippen molar-refractivity contribution in [1.82, 2.24) is 9.97 Å². The Bertz CT molecular complexity index is 386. The minimum atomic E-state index is -0.392. The summed E-state index contributed by atoms with van der Waals surface area (Å²) < 4.78 is 4.86. The zero-order valence-corrected chi connectivity index (χ0v) is 9.78. The molecule has 0 aromatic carbocycles. The fourth-order valence-corrected chi connectivity index (χ4v) is 1.28. The Hall–Kier alpha value is -1.56. The molecule has 1 amide bonds. The molecule has 1 unspecified atom stereocenters. The zero-order valence-electron chi connectivity index (χ0n) is 9.03. The van der Waals surface area contributed by atoms with Crippen molar-refractivity contribution in [3.8, 4) is 6.01 Å². The standard InChI is InChI=1S/C9H13ClN4O2/c1-5(3-7(11)15)13-8-6(10)4-12-9(14-8)16-2/h4-5H,3H2,1-2H3,(H2,11,15)(H,12,13,14). The summed E-state index contributed by atoms with van der Waals surface area (Å²) in [4.78, 5) is 18.5. The van der Waals surface area contributed by atoms with Gasteiger partial charge in [0.25, 0.3) is 0 Å². The van der Waals surface area contributed by atoms with Crippen LogP contribution in [0.3, 0.4) is 0 Å². The van der Waals surface area contributed by atoms with Crippen LogP contribution in [0.4, 0.5) is 5.82 Å². The maximum atomic E-state index is 10.7. The summed E-state index contributed by atoms with van der Waals surface area (Å²) in [6.07, 6.45) is 1.62. The van der Waals surface area contributed by atoms with Crippen LogP contribution in [-0.4, -0.2) is 29.0 Å². The predicted molar refractivity (Wildman–Crippen MR) is 60.5 cm³/mol. The highest BCUT2D eigenvalue weighted by molar-refractivity contribution is 6.32. The molecule has 0 saturated carbocycles. The first-order chi connectivity index (χ1) is 7.52. The van der Waals surface area contributed by atoms with E-state index in [0.29, 0.717) is 10.8 Å². The lowest BCUT2D eigenvalue weighted by Crippen LogP contribution is -2.24. The number of halogens is 1. The van der Waals surface area contributed by atoms with Gasteiger partial charge in [0.15, 0.2) is 5.82 Å². The number of methoxy groups -OCH3 is 1. The number of nitrogens with zero attached hydrogens (tertiary/aromatic N) is 2. The quantitative estimate of drug-likeness (QED) is 0.800. The van der Waals surface area contributed by atoms with Crippen molar-refractivity contribution in [2.45, 2.75) is 19.4 Å². The third kappa shape index (κ3) is 3.54.